The second-order valence-corrected chi connectivity index (χ2v) is 30.5. The molecule has 2 amide bonds. The van der Waals surface area contributed by atoms with E-state index in [2.05, 4.69) is 55.4 Å². The van der Waals surface area contributed by atoms with Crippen LogP contribution in [0.3, 0.4) is 0 Å². The molecule has 0 unspecified atom stereocenters. The fraction of sp³-hybridized carbons (Fsp3) is 0.699. The molecule has 4 heterocycles. The number of hydrogen-bond donors (Lipinski definition) is 1. The van der Waals surface area contributed by atoms with Crippen LogP contribution in [0.4, 0.5) is 9.59 Å². The van der Waals surface area contributed by atoms with E-state index in [9.17, 15) is 24.3 Å². The van der Waals surface area contributed by atoms with Crippen molar-refractivity contribution in [3.63, 3.8) is 0 Å². The number of benzene rings is 2. The molecule has 20 atom stereocenters. The van der Waals surface area contributed by atoms with Crippen molar-refractivity contribution in [2.75, 3.05) is 13.1 Å². The average molecular weight is 1150 g/mol. The number of nitrogens with zero attached hydrogens (tertiary/aromatic N) is 2. The number of rotatable bonds is 4. The second kappa shape index (κ2) is 22.4. The van der Waals surface area contributed by atoms with Crippen LogP contribution in [0.1, 0.15) is 189 Å². The minimum Gasteiger partial charge on any atom is -0.515 e. The maximum Gasteiger partial charge on any atom is 0.410 e. The Bertz CT molecular complexity index is 2950. The molecule has 2 spiro atoms. The largest absolute Gasteiger partial charge is 0.515 e. The summed E-state index contributed by atoms with van der Waals surface area (Å²) in [7, 11) is 0. The summed E-state index contributed by atoms with van der Waals surface area (Å²) in [5, 5.41) is 9.84. The molecule has 6 saturated carbocycles. The van der Waals surface area contributed by atoms with Crippen molar-refractivity contribution >= 4 is 23.8 Å². The van der Waals surface area contributed by atoms with Gasteiger partial charge in [0.05, 0.1) is 41.8 Å². The Balaban J connectivity index is 0.000000157. The molecule has 84 heavy (non-hydrogen) atoms. The zero-order valence-corrected chi connectivity index (χ0v) is 52.0. The van der Waals surface area contributed by atoms with Gasteiger partial charge in [-0.25, -0.2) is 9.59 Å². The lowest BCUT2D eigenvalue weighted by Crippen LogP contribution is -2.54. The van der Waals surface area contributed by atoms with Gasteiger partial charge in [-0.2, -0.15) is 0 Å². The minimum atomic E-state index is -0.251. The zero-order valence-electron chi connectivity index (χ0n) is 52.0. The van der Waals surface area contributed by atoms with Crippen molar-refractivity contribution in [1.82, 2.24) is 9.80 Å². The topological polar surface area (TPSA) is 132 Å². The van der Waals surface area contributed by atoms with Gasteiger partial charge in [-0.15, -0.1) is 0 Å². The van der Waals surface area contributed by atoms with Crippen LogP contribution in [0, 0.1) is 81.8 Å². The second-order valence-electron chi connectivity index (χ2n) is 30.5. The van der Waals surface area contributed by atoms with E-state index in [1.54, 1.807) is 16.7 Å². The summed E-state index contributed by atoms with van der Waals surface area (Å²) < 4.78 is 26.1. The Morgan fingerprint density at radius 1 is 0.607 bits per heavy atom. The van der Waals surface area contributed by atoms with Crippen LogP contribution < -0.4 is 0 Å². The third-order valence-corrected chi connectivity index (χ3v) is 26.1. The lowest BCUT2D eigenvalue weighted by molar-refractivity contribution is -0.130. The average Bonchev–Trinajstić information content (AvgIpc) is 1.91. The predicted molar refractivity (Wildman–Crippen MR) is 324 cm³/mol. The van der Waals surface area contributed by atoms with E-state index < -0.39 is 0 Å². The lowest BCUT2D eigenvalue weighted by atomic mass is 9.51. The molecule has 454 valence electrons. The first-order valence-electron chi connectivity index (χ1n) is 33.4. The molecule has 14 rings (SSSR count). The van der Waals surface area contributed by atoms with Crippen LogP contribution in [0.2, 0.25) is 0 Å². The van der Waals surface area contributed by atoms with Gasteiger partial charge in [0.2, 0.25) is 0 Å². The lowest BCUT2D eigenvalue weighted by Gasteiger charge is -2.52. The van der Waals surface area contributed by atoms with E-state index in [0.717, 1.165) is 126 Å². The van der Waals surface area contributed by atoms with Crippen LogP contribution in [0.5, 0.6) is 0 Å². The number of allylic oxidation sites excluding steroid dienone is 3. The van der Waals surface area contributed by atoms with Gasteiger partial charge in [0, 0.05) is 49.8 Å². The Kier molecular flexibility index (Phi) is 15.6. The number of piperidine rings is 2. The van der Waals surface area contributed by atoms with E-state index in [1.807, 2.05) is 70.5 Å². The molecular formula is C73H98N2O9. The quantitative estimate of drug-likeness (QED) is 0.181. The number of carbonyl (C=O) groups is 4. The molecule has 0 aromatic heterocycles. The standard InChI is InChI=1S/C37H49NO5.C36H49NO4/c1-22-14-33-34(38(19-22)35(41)42-21-25-8-6-5-7-9-25)24(3)37(43-33)13-12-28-29-11-10-27-15-32(40)26(20-39)18-36(27,4)31(29)16-30(28)23(2)17-37;1-22-16-32-33(37(20-22)34(39)40-21-25-8-6-5-7-9-25)24(3)36(41-32)15-13-28-29-11-10-26-17-27(38)12-14-35(26,4)31(29)18-30(28)23(2)19-36/h5-9,20,22,24,27-29,31,33-34,39H,10-19,21H2,1-4H3;5-9,22,24,26,28-29,31-33H,10-21H2,1-4H3/b26-20-;/t22-,24+,27+,28-,29-,31-,33+,34-,36-,37-;22-,24+,26+,28-,29-,31-,32+,33-,35-,36-/m00/s1. The van der Waals surface area contributed by atoms with E-state index in [0.29, 0.717) is 83.7 Å². The summed E-state index contributed by atoms with van der Waals surface area (Å²) in [5.74, 6) is 6.87. The zero-order chi connectivity index (χ0) is 58.6. The molecule has 1 N–H and O–H groups in total. The molecule has 2 aromatic carbocycles. The summed E-state index contributed by atoms with van der Waals surface area (Å²) >= 11 is 0. The molecule has 2 aromatic rings. The van der Waals surface area contributed by atoms with Gasteiger partial charge >= 0.3 is 12.2 Å². The number of ether oxygens (including phenoxy) is 4. The maximum atomic E-state index is 13.5. The van der Waals surface area contributed by atoms with Gasteiger partial charge < -0.3 is 33.9 Å². The molecule has 12 aliphatic rings. The molecule has 11 nitrogen and oxygen atoms in total. The highest BCUT2D eigenvalue weighted by molar-refractivity contribution is 5.96. The SMILES string of the molecule is CC1=C2C[C@H]3[C@@H](CC[C@@H]4CC(=O)/C(=C\O)C[C@@]43C)[C@@H]2CC[C@@]2(C1)O[C@@H]1C[C@H](C)CN(C(=O)OCc3ccccc3)[C@H]1[C@H]2C.CC1=C2C[C@H]3[C@@H](CC[C@@H]4CC(=O)CC[C@@]43C)[C@@H]2CC[C@@]2(C1)O[C@@H]1C[C@H](C)CN(C(=O)OCc3ccccc3)[C@H]1[C@H]2C. The number of amides is 2. The Hall–Kier alpha value is -4.74. The van der Waals surface area contributed by atoms with E-state index in [4.69, 9.17) is 18.9 Å². The van der Waals surface area contributed by atoms with Gasteiger partial charge in [-0.05, 0) is 198 Å². The van der Waals surface area contributed by atoms with Gasteiger partial charge in [0.15, 0.2) is 5.78 Å². The number of fused-ring (bicyclic) bond motifs is 12. The smallest absolute Gasteiger partial charge is 0.410 e. The summed E-state index contributed by atoms with van der Waals surface area (Å²) in [4.78, 5) is 56.0. The molecule has 8 aliphatic carbocycles. The van der Waals surface area contributed by atoms with Crippen molar-refractivity contribution in [2.24, 2.45) is 81.8 Å². The van der Waals surface area contributed by atoms with E-state index in [-0.39, 0.29) is 70.7 Å². The summed E-state index contributed by atoms with van der Waals surface area (Å²) in [6, 6.07) is 20.0. The number of Topliss-reactive ketones (excluding diaryl/α,β-unsaturated/α-hetero) is 2. The van der Waals surface area contributed by atoms with Crippen molar-refractivity contribution in [3.05, 3.63) is 106 Å². The van der Waals surface area contributed by atoms with Gasteiger partial charge in [0.1, 0.15) is 19.0 Å². The predicted octanol–water partition coefficient (Wildman–Crippen LogP) is 15.5. The molecule has 0 bridgehead atoms. The van der Waals surface area contributed by atoms with Crippen LogP contribution in [0.15, 0.2) is 94.8 Å². The fourth-order valence-corrected chi connectivity index (χ4v) is 21.8. The highest BCUT2D eigenvalue weighted by Gasteiger charge is 2.64. The first-order valence-corrected chi connectivity index (χ1v) is 33.4. The number of likely N-dealkylation sites (tertiary alicyclic amines) is 2. The van der Waals surface area contributed by atoms with Crippen LogP contribution >= 0.6 is 0 Å². The third-order valence-electron chi connectivity index (χ3n) is 26.1. The highest BCUT2D eigenvalue weighted by atomic mass is 16.6. The highest BCUT2D eigenvalue weighted by Crippen LogP contribution is 2.67. The van der Waals surface area contributed by atoms with Gasteiger partial charge in [0.25, 0.3) is 0 Å². The number of carbonyl (C=O) groups excluding carboxylic acids is 4. The number of hydrogen-bond acceptors (Lipinski definition) is 9. The molecule has 4 aliphatic heterocycles. The van der Waals surface area contributed by atoms with Gasteiger partial charge in [-0.1, -0.05) is 124 Å². The van der Waals surface area contributed by atoms with E-state index >= 15 is 0 Å². The Labute approximate surface area is 501 Å². The monoisotopic (exact) mass is 1150 g/mol. The van der Waals surface area contributed by atoms with Crippen molar-refractivity contribution in [1.29, 1.82) is 0 Å². The first kappa shape index (κ1) is 58.3. The summed E-state index contributed by atoms with van der Waals surface area (Å²) in [6.45, 7) is 20.9. The summed E-state index contributed by atoms with van der Waals surface area (Å²) in [5.41, 5.74) is 9.05. The first-order chi connectivity index (χ1) is 40.3. The third kappa shape index (κ3) is 9.97. The summed E-state index contributed by atoms with van der Waals surface area (Å²) in [6.07, 6.45) is 20.4. The van der Waals surface area contributed by atoms with Crippen LogP contribution in [-0.2, 0) is 41.8 Å². The Morgan fingerprint density at radius 2 is 1.07 bits per heavy atom. The van der Waals surface area contributed by atoms with Crippen molar-refractivity contribution < 1.29 is 43.2 Å². The van der Waals surface area contributed by atoms with Crippen LogP contribution in [0.25, 0.3) is 0 Å². The number of aliphatic hydroxyl groups is 1. The van der Waals surface area contributed by atoms with Crippen LogP contribution in [-0.4, -0.2) is 87.2 Å². The molecule has 10 fully saturated rings. The molecule has 0 radical (unpaired) electrons. The van der Waals surface area contributed by atoms with Gasteiger partial charge in [-0.3, -0.25) is 9.59 Å². The molecule has 11 heteroatoms. The Morgan fingerprint density at radius 3 is 1.55 bits per heavy atom. The normalized spacial score (nSPS) is 43.5. The van der Waals surface area contributed by atoms with Crippen molar-refractivity contribution in [2.45, 2.75) is 226 Å². The minimum absolute atomic E-state index is 0.0424. The number of aliphatic hydroxyl groups excluding tert-OH is 1. The maximum absolute atomic E-state index is 13.5. The fourth-order valence-electron chi connectivity index (χ4n) is 21.8. The van der Waals surface area contributed by atoms with E-state index in [1.165, 1.54) is 37.7 Å². The van der Waals surface area contributed by atoms with Crippen molar-refractivity contribution in [3.8, 4) is 0 Å². The molecule has 4 saturated heterocycles. The number of ketones is 2. The molecular weight excluding hydrogens is 1050 g/mol.